The van der Waals surface area contributed by atoms with Crippen LogP contribution in [0, 0.1) is 6.92 Å². The number of nitrogens with one attached hydrogen (secondary N) is 2. The van der Waals surface area contributed by atoms with Crippen LogP contribution in [0.2, 0.25) is 0 Å². The highest BCUT2D eigenvalue weighted by Crippen LogP contribution is 2.22. The Kier molecular flexibility index (Phi) is 8.41. The van der Waals surface area contributed by atoms with Gasteiger partial charge in [-0.25, -0.2) is 0 Å². The van der Waals surface area contributed by atoms with Crippen LogP contribution in [-0.2, 0) is 9.59 Å². The fourth-order valence-corrected chi connectivity index (χ4v) is 3.43. The van der Waals surface area contributed by atoms with E-state index in [0.717, 1.165) is 27.9 Å². The van der Waals surface area contributed by atoms with Crippen LogP contribution in [0.4, 0.5) is 16.2 Å². The van der Waals surface area contributed by atoms with E-state index in [1.165, 1.54) is 16.7 Å². The maximum absolute atomic E-state index is 12.0. The number of hydrogen-bond donors (Lipinski definition) is 2. The first kappa shape index (κ1) is 21.8. The van der Waals surface area contributed by atoms with Gasteiger partial charge in [-0.2, -0.15) is 0 Å². The maximum Gasteiger partial charge on any atom is 0.285 e. The summed E-state index contributed by atoms with van der Waals surface area (Å²) in [6.07, 6.45) is 0. The zero-order chi connectivity index (χ0) is 20.5. The number of hydrogen-bond acceptors (Lipinski definition) is 5. The summed E-state index contributed by atoms with van der Waals surface area (Å²) in [6.45, 7) is 1.96. The minimum atomic E-state index is -0.182. The molecule has 0 heterocycles. The number of aryl methyl sites for hydroxylation is 1. The molecule has 28 heavy (non-hydrogen) atoms. The van der Waals surface area contributed by atoms with E-state index in [2.05, 4.69) is 10.6 Å². The molecule has 3 amide bonds. The molecule has 0 aliphatic heterocycles. The summed E-state index contributed by atoms with van der Waals surface area (Å²) in [5.74, 6) is 0.0499. The van der Waals surface area contributed by atoms with E-state index < -0.39 is 0 Å². The predicted octanol–water partition coefficient (Wildman–Crippen LogP) is 4.08. The smallest absolute Gasteiger partial charge is 0.285 e. The number of carbonyl (C=O) groups is 3. The number of thioether (sulfide) groups is 2. The largest absolute Gasteiger partial charge is 0.339 e. The van der Waals surface area contributed by atoms with Gasteiger partial charge in [-0.15, -0.1) is 11.8 Å². The average molecular weight is 418 g/mol. The van der Waals surface area contributed by atoms with Crippen LogP contribution in [0.1, 0.15) is 5.56 Å². The highest BCUT2D eigenvalue weighted by molar-refractivity contribution is 8.13. The molecule has 0 aliphatic carbocycles. The first-order valence-electron chi connectivity index (χ1n) is 8.57. The predicted molar refractivity (Wildman–Crippen MR) is 117 cm³/mol. The van der Waals surface area contributed by atoms with Gasteiger partial charge in [0.25, 0.3) is 5.24 Å². The SMILES string of the molecule is Cc1cccc(NC(=O)CSCC(=O)Nc2ccc(SC(=O)N(C)C)cc2)c1. The van der Waals surface area contributed by atoms with Crippen molar-refractivity contribution in [3.8, 4) is 0 Å². The maximum atomic E-state index is 12.0. The molecule has 0 saturated heterocycles. The van der Waals surface area contributed by atoms with E-state index in [1.54, 1.807) is 38.4 Å². The van der Waals surface area contributed by atoms with E-state index in [9.17, 15) is 14.4 Å². The summed E-state index contributed by atoms with van der Waals surface area (Å²) in [6, 6.07) is 14.6. The lowest BCUT2D eigenvalue weighted by Gasteiger charge is -2.10. The summed E-state index contributed by atoms with van der Waals surface area (Å²) in [5.41, 5.74) is 2.47. The zero-order valence-electron chi connectivity index (χ0n) is 16.0. The minimum Gasteiger partial charge on any atom is -0.339 e. The normalized spacial score (nSPS) is 10.2. The van der Waals surface area contributed by atoms with Crippen LogP contribution in [0.3, 0.4) is 0 Å². The van der Waals surface area contributed by atoms with Crippen LogP contribution in [0.25, 0.3) is 0 Å². The Morgan fingerprint density at radius 2 is 1.50 bits per heavy atom. The molecule has 0 radical (unpaired) electrons. The summed E-state index contributed by atoms with van der Waals surface area (Å²) >= 11 is 2.37. The van der Waals surface area contributed by atoms with Gasteiger partial charge in [-0.05, 0) is 60.6 Å². The highest BCUT2D eigenvalue weighted by Gasteiger charge is 2.09. The molecular formula is C20H23N3O3S2. The lowest BCUT2D eigenvalue weighted by atomic mass is 10.2. The third-order valence-electron chi connectivity index (χ3n) is 3.48. The standard InChI is InChI=1S/C20H23N3O3S2/c1-14-5-4-6-16(11-14)22-19(25)13-27-12-18(24)21-15-7-9-17(10-8-15)28-20(26)23(2)3/h4-11H,12-13H2,1-3H3,(H,21,24)(H,22,25). The van der Waals surface area contributed by atoms with Crippen molar-refractivity contribution in [2.75, 3.05) is 36.2 Å². The first-order chi connectivity index (χ1) is 13.3. The third-order valence-corrected chi connectivity index (χ3v) is 5.46. The van der Waals surface area contributed by atoms with E-state index >= 15 is 0 Å². The number of anilines is 2. The Morgan fingerprint density at radius 1 is 0.893 bits per heavy atom. The van der Waals surface area contributed by atoms with Gasteiger partial charge >= 0.3 is 0 Å². The highest BCUT2D eigenvalue weighted by atomic mass is 32.2. The molecular weight excluding hydrogens is 394 g/mol. The molecule has 0 fully saturated rings. The second kappa shape index (κ2) is 10.8. The Bertz CT molecular complexity index is 839. The van der Waals surface area contributed by atoms with Gasteiger partial charge in [0.05, 0.1) is 11.5 Å². The molecule has 0 bridgehead atoms. The Balaban J connectivity index is 1.72. The van der Waals surface area contributed by atoms with E-state index in [1.807, 2.05) is 31.2 Å². The number of carbonyl (C=O) groups excluding carboxylic acids is 3. The molecule has 2 N–H and O–H groups in total. The number of benzene rings is 2. The summed E-state index contributed by atoms with van der Waals surface area (Å²) in [5, 5.41) is 5.53. The topological polar surface area (TPSA) is 78.5 Å². The van der Waals surface area contributed by atoms with Gasteiger partial charge in [0, 0.05) is 30.4 Å². The van der Waals surface area contributed by atoms with Crippen molar-refractivity contribution in [2.45, 2.75) is 11.8 Å². The van der Waals surface area contributed by atoms with Crippen molar-refractivity contribution < 1.29 is 14.4 Å². The molecule has 2 rings (SSSR count). The minimum absolute atomic E-state index is 0.0582. The van der Waals surface area contributed by atoms with Crippen LogP contribution in [-0.4, -0.2) is 47.6 Å². The molecule has 0 aliphatic rings. The molecule has 8 heteroatoms. The fraction of sp³-hybridized carbons (Fsp3) is 0.250. The van der Waals surface area contributed by atoms with Crippen molar-refractivity contribution in [3.63, 3.8) is 0 Å². The quantitative estimate of drug-likeness (QED) is 0.664. The Labute approximate surface area is 173 Å². The monoisotopic (exact) mass is 417 g/mol. The van der Waals surface area contributed by atoms with E-state index in [-0.39, 0.29) is 28.6 Å². The number of amides is 3. The van der Waals surface area contributed by atoms with Crippen molar-refractivity contribution in [3.05, 3.63) is 54.1 Å². The lowest BCUT2D eigenvalue weighted by Crippen LogP contribution is -2.18. The summed E-state index contributed by atoms with van der Waals surface area (Å²) in [7, 11) is 3.39. The van der Waals surface area contributed by atoms with Crippen LogP contribution >= 0.6 is 23.5 Å². The van der Waals surface area contributed by atoms with Gasteiger partial charge < -0.3 is 15.5 Å². The number of rotatable bonds is 7. The van der Waals surface area contributed by atoms with Crippen LogP contribution < -0.4 is 10.6 Å². The molecule has 0 spiro atoms. The van der Waals surface area contributed by atoms with Gasteiger partial charge in [0.15, 0.2) is 0 Å². The molecule has 0 unspecified atom stereocenters. The molecule has 0 saturated carbocycles. The van der Waals surface area contributed by atoms with E-state index in [4.69, 9.17) is 0 Å². The third kappa shape index (κ3) is 7.66. The van der Waals surface area contributed by atoms with E-state index in [0.29, 0.717) is 5.69 Å². The van der Waals surface area contributed by atoms with Crippen molar-refractivity contribution >= 4 is 52.0 Å². The Hall–Kier alpha value is -2.45. The van der Waals surface area contributed by atoms with Crippen LogP contribution in [0.15, 0.2) is 53.4 Å². The summed E-state index contributed by atoms with van der Waals surface area (Å²) < 4.78 is 0. The lowest BCUT2D eigenvalue weighted by molar-refractivity contribution is -0.114. The van der Waals surface area contributed by atoms with Gasteiger partial charge in [0.1, 0.15) is 0 Å². The number of nitrogens with zero attached hydrogens (tertiary/aromatic N) is 1. The van der Waals surface area contributed by atoms with Crippen molar-refractivity contribution in [1.82, 2.24) is 4.90 Å². The Morgan fingerprint density at radius 3 is 2.07 bits per heavy atom. The van der Waals surface area contributed by atoms with Gasteiger partial charge in [0.2, 0.25) is 11.8 Å². The van der Waals surface area contributed by atoms with Crippen molar-refractivity contribution in [2.24, 2.45) is 0 Å². The van der Waals surface area contributed by atoms with Crippen molar-refractivity contribution in [1.29, 1.82) is 0 Å². The molecule has 2 aromatic carbocycles. The molecule has 0 aromatic heterocycles. The molecule has 2 aromatic rings. The second-order valence-electron chi connectivity index (χ2n) is 6.25. The zero-order valence-corrected chi connectivity index (χ0v) is 17.7. The van der Waals surface area contributed by atoms with Crippen LogP contribution in [0.5, 0.6) is 0 Å². The molecule has 6 nitrogen and oxygen atoms in total. The second-order valence-corrected chi connectivity index (χ2v) is 8.26. The average Bonchev–Trinajstić information content (AvgIpc) is 2.63. The first-order valence-corrected chi connectivity index (χ1v) is 10.5. The van der Waals surface area contributed by atoms with Gasteiger partial charge in [-0.3, -0.25) is 14.4 Å². The van der Waals surface area contributed by atoms with Gasteiger partial charge in [-0.1, -0.05) is 12.1 Å². The summed E-state index contributed by atoms with van der Waals surface area (Å²) in [4.78, 5) is 37.9. The fourth-order valence-electron chi connectivity index (χ4n) is 2.15. The molecule has 148 valence electrons. The molecule has 0 atom stereocenters.